The Morgan fingerprint density at radius 3 is 2.32 bits per heavy atom. The Morgan fingerprint density at radius 2 is 1.86 bits per heavy atom. The lowest BCUT2D eigenvalue weighted by Gasteiger charge is -2.22. The summed E-state index contributed by atoms with van der Waals surface area (Å²) < 4.78 is 10.2. The highest BCUT2D eigenvalue weighted by Crippen LogP contribution is 2.14. The molecule has 1 atom stereocenters. The summed E-state index contributed by atoms with van der Waals surface area (Å²) >= 11 is 5.45. The van der Waals surface area contributed by atoms with Gasteiger partial charge in [0.15, 0.2) is 6.07 Å². The minimum absolute atomic E-state index is 0.0390. The van der Waals surface area contributed by atoms with E-state index in [4.69, 9.17) is 21.1 Å². The van der Waals surface area contributed by atoms with Crippen LogP contribution in [0.1, 0.15) is 26.3 Å². The van der Waals surface area contributed by atoms with Crippen LogP contribution in [0.15, 0.2) is 24.3 Å². The van der Waals surface area contributed by atoms with Crippen molar-refractivity contribution in [1.29, 1.82) is 0 Å². The van der Waals surface area contributed by atoms with Crippen LogP contribution in [-0.4, -0.2) is 34.9 Å². The standard InChI is InChI=1S/C15H20ClNO5/c1-15(2,3)22-14(20)17-12(13(18)19)8-10-4-6-11(7-5-10)21-9-16/h4-7,12H,8-9H2,1-3H3,(H,17,20)(H,18,19)/t12-/m1/s1. The fourth-order valence-electron chi connectivity index (χ4n) is 1.67. The van der Waals surface area contributed by atoms with Crippen molar-refractivity contribution in [1.82, 2.24) is 5.32 Å². The molecule has 0 saturated carbocycles. The van der Waals surface area contributed by atoms with Gasteiger partial charge in [-0.25, -0.2) is 9.59 Å². The molecule has 0 unspecified atom stereocenters. The number of rotatable bonds is 6. The molecule has 22 heavy (non-hydrogen) atoms. The van der Waals surface area contributed by atoms with Crippen LogP contribution < -0.4 is 10.1 Å². The number of carbonyl (C=O) groups is 2. The summed E-state index contributed by atoms with van der Waals surface area (Å²) in [5.41, 5.74) is 0.0543. The van der Waals surface area contributed by atoms with Crippen molar-refractivity contribution in [2.24, 2.45) is 0 Å². The molecule has 0 radical (unpaired) electrons. The summed E-state index contributed by atoms with van der Waals surface area (Å²) in [5.74, 6) is -0.544. The van der Waals surface area contributed by atoms with Crippen LogP contribution in [0.25, 0.3) is 0 Å². The summed E-state index contributed by atoms with van der Waals surface area (Å²) in [7, 11) is 0. The number of carbonyl (C=O) groups excluding carboxylic acids is 1. The molecule has 2 N–H and O–H groups in total. The minimum atomic E-state index is -1.13. The van der Waals surface area contributed by atoms with Crippen LogP contribution in [0, 0.1) is 0 Å². The van der Waals surface area contributed by atoms with Crippen LogP contribution in [0.5, 0.6) is 5.75 Å². The zero-order valence-corrected chi connectivity index (χ0v) is 13.5. The van der Waals surface area contributed by atoms with E-state index in [0.717, 1.165) is 5.56 Å². The lowest BCUT2D eigenvalue weighted by Crippen LogP contribution is -2.44. The molecular weight excluding hydrogens is 310 g/mol. The zero-order valence-electron chi connectivity index (χ0n) is 12.8. The first-order chi connectivity index (χ1) is 10.2. The van der Waals surface area contributed by atoms with Crippen LogP contribution in [0.3, 0.4) is 0 Å². The monoisotopic (exact) mass is 329 g/mol. The van der Waals surface area contributed by atoms with Crippen molar-refractivity contribution in [3.8, 4) is 5.75 Å². The van der Waals surface area contributed by atoms with E-state index in [1.807, 2.05) is 0 Å². The minimum Gasteiger partial charge on any atom is -0.480 e. The topological polar surface area (TPSA) is 84.9 Å². The number of alkyl carbamates (subject to hydrolysis) is 1. The SMILES string of the molecule is CC(C)(C)OC(=O)N[C@H](Cc1ccc(OCCl)cc1)C(=O)O. The van der Waals surface area contributed by atoms with Crippen LogP contribution in [0.2, 0.25) is 0 Å². The lowest BCUT2D eigenvalue weighted by atomic mass is 10.1. The summed E-state index contributed by atoms with van der Waals surface area (Å²) in [6.07, 6.45) is -0.627. The third-order valence-corrected chi connectivity index (χ3v) is 2.68. The number of benzene rings is 1. The fourth-order valence-corrected chi connectivity index (χ4v) is 1.80. The number of carboxylic acids is 1. The van der Waals surface area contributed by atoms with Gasteiger partial charge in [-0.15, -0.1) is 0 Å². The maximum Gasteiger partial charge on any atom is 0.408 e. The maximum absolute atomic E-state index is 11.7. The first-order valence-corrected chi connectivity index (χ1v) is 7.25. The van der Waals surface area contributed by atoms with Gasteiger partial charge in [-0.1, -0.05) is 23.7 Å². The molecular formula is C15H20ClNO5. The Kier molecular flexibility index (Phi) is 6.49. The number of halogens is 1. The lowest BCUT2D eigenvalue weighted by molar-refractivity contribution is -0.139. The van der Waals surface area contributed by atoms with Gasteiger partial charge in [-0.05, 0) is 38.5 Å². The first kappa shape index (κ1) is 18.1. The van der Waals surface area contributed by atoms with E-state index in [9.17, 15) is 14.7 Å². The van der Waals surface area contributed by atoms with Gasteiger partial charge in [0, 0.05) is 6.42 Å². The average molecular weight is 330 g/mol. The van der Waals surface area contributed by atoms with Crippen LogP contribution >= 0.6 is 11.6 Å². The Balaban J connectivity index is 2.68. The molecule has 0 aliphatic rings. The number of hydrogen-bond donors (Lipinski definition) is 2. The van der Waals surface area contributed by atoms with E-state index in [0.29, 0.717) is 5.75 Å². The van der Waals surface area contributed by atoms with Crippen molar-refractivity contribution in [3.63, 3.8) is 0 Å². The van der Waals surface area contributed by atoms with Crippen LogP contribution in [0.4, 0.5) is 4.79 Å². The van der Waals surface area contributed by atoms with Gasteiger partial charge in [0.05, 0.1) is 0 Å². The number of aliphatic carboxylic acids is 1. The highest BCUT2D eigenvalue weighted by molar-refractivity contribution is 6.17. The molecule has 1 rings (SSSR count). The van der Waals surface area contributed by atoms with E-state index in [1.165, 1.54) is 0 Å². The third kappa shape index (κ3) is 6.67. The summed E-state index contributed by atoms with van der Waals surface area (Å²) in [6.45, 7) is 5.12. The van der Waals surface area contributed by atoms with Crippen molar-refractivity contribution in [3.05, 3.63) is 29.8 Å². The number of amides is 1. The van der Waals surface area contributed by atoms with Gasteiger partial charge in [0.2, 0.25) is 0 Å². The van der Waals surface area contributed by atoms with Crippen molar-refractivity contribution < 1.29 is 24.2 Å². The number of ether oxygens (including phenoxy) is 2. The normalized spacial score (nSPS) is 12.4. The predicted molar refractivity (Wildman–Crippen MR) is 82.3 cm³/mol. The Morgan fingerprint density at radius 1 is 1.27 bits per heavy atom. The number of carboxylic acid groups (broad SMARTS) is 1. The first-order valence-electron chi connectivity index (χ1n) is 6.71. The predicted octanol–water partition coefficient (Wildman–Crippen LogP) is 2.78. The number of alkyl halides is 1. The highest BCUT2D eigenvalue weighted by Gasteiger charge is 2.24. The third-order valence-electron chi connectivity index (χ3n) is 2.57. The molecule has 0 aliphatic heterocycles. The van der Waals surface area contributed by atoms with Gasteiger partial charge in [0.25, 0.3) is 0 Å². The van der Waals surface area contributed by atoms with Gasteiger partial charge in [0.1, 0.15) is 17.4 Å². The molecule has 122 valence electrons. The number of nitrogens with one attached hydrogen (secondary N) is 1. The van der Waals surface area contributed by atoms with E-state index in [2.05, 4.69) is 5.32 Å². The molecule has 1 aromatic carbocycles. The number of hydrogen-bond acceptors (Lipinski definition) is 4. The Labute approximate surface area is 134 Å². The summed E-state index contributed by atoms with van der Waals surface area (Å²) in [6, 6.07) is 5.77. The second-order valence-corrected chi connectivity index (χ2v) is 5.86. The molecule has 0 aliphatic carbocycles. The van der Waals surface area contributed by atoms with Gasteiger partial charge in [-0.3, -0.25) is 0 Å². The molecule has 7 heteroatoms. The van der Waals surface area contributed by atoms with E-state index in [1.54, 1.807) is 45.0 Å². The maximum atomic E-state index is 11.7. The molecule has 0 spiro atoms. The average Bonchev–Trinajstić information content (AvgIpc) is 2.38. The van der Waals surface area contributed by atoms with E-state index in [-0.39, 0.29) is 12.5 Å². The van der Waals surface area contributed by atoms with Crippen molar-refractivity contribution >= 4 is 23.7 Å². The smallest absolute Gasteiger partial charge is 0.408 e. The Bertz CT molecular complexity index is 510. The molecule has 0 saturated heterocycles. The zero-order chi connectivity index (χ0) is 16.8. The summed E-state index contributed by atoms with van der Waals surface area (Å²) in [4.78, 5) is 22.9. The molecule has 6 nitrogen and oxygen atoms in total. The summed E-state index contributed by atoms with van der Waals surface area (Å²) in [5, 5.41) is 11.6. The molecule has 0 aromatic heterocycles. The van der Waals surface area contributed by atoms with E-state index < -0.39 is 23.7 Å². The molecule has 0 heterocycles. The Hall–Kier alpha value is -1.95. The second-order valence-electron chi connectivity index (χ2n) is 5.64. The molecule has 1 aromatic rings. The van der Waals surface area contributed by atoms with E-state index >= 15 is 0 Å². The molecule has 0 fully saturated rings. The largest absolute Gasteiger partial charge is 0.480 e. The highest BCUT2D eigenvalue weighted by atomic mass is 35.5. The second kappa shape index (κ2) is 7.89. The van der Waals surface area contributed by atoms with Crippen LogP contribution in [-0.2, 0) is 16.0 Å². The van der Waals surface area contributed by atoms with Crippen molar-refractivity contribution in [2.45, 2.75) is 38.8 Å². The van der Waals surface area contributed by atoms with Gasteiger partial charge >= 0.3 is 12.1 Å². The molecule has 0 bridgehead atoms. The molecule has 1 amide bonds. The van der Waals surface area contributed by atoms with Crippen molar-refractivity contribution in [2.75, 3.05) is 6.07 Å². The quantitative estimate of drug-likeness (QED) is 0.784. The fraction of sp³-hybridized carbons (Fsp3) is 0.467. The van der Waals surface area contributed by atoms with Gasteiger partial charge < -0.3 is 19.9 Å². The van der Waals surface area contributed by atoms with Gasteiger partial charge in [-0.2, -0.15) is 0 Å².